The molecule has 5 nitrogen and oxygen atoms in total. The Morgan fingerprint density at radius 1 is 0.929 bits per heavy atom. The van der Waals surface area contributed by atoms with E-state index >= 15 is 0 Å². The van der Waals surface area contributed by atoms with E-state index in [0.717, 1.165) is 57.1 Å². The highest BCUT2D eigenvalue weighted by molar-refractivity contribution is 5.95. The van der Waals surface area contributed by atoms with Gasteiger partial charge in [0.05, 0.1) is 0 Å². The summed E-state index contributed by atoms with van der Waals surface area (Å²) in [4.78, 5) is 18.6. The monoisotopic (exact) mass is 379 g/mol. The van der Waals surface area contributed by atoms with Gasteiger partial charge in [-0.05, 0) is 49.2 Å². The quantitative estimate of drug-likeness (QED) is 0.771. The molecule has 0 atom stereocenters. The maximum absolute atomic E-state index is 11.8. The van der Waals surface area contributed by atoms with E-state index in [1.807, 2.05) is 29.2 Å². The SMILES string of the molecule is Cc1ccccc1N1CCN(CCOc2ccc(N3CCCC3=O)cc2)CC1. The van der Waals surface area contributed by atoms with Gasteiger partial charge in [-0.2, -0.15) is 0 Å². The van der Waals surface area contributed by atoms with E-state index in [9.17, 15) is 4.79 Å². The first kappa shape index (κ1) is 18.8. The summed E-state index contributed by atoms with van der Waals surface area (Å²) in [6, 6.07) is 16.5. The molecule has 0 saturated carbocycles. The summed E-state index contributed by atoms with van der Waals surface area (Å²) in [5.74, 6) is 1.09. The molecule has 2 aliphatic rings. The molecular weight excluding hydrogens is 350 g/mol. The Balaban J connectivity index is 1.21. The number of nitrogens with zero attached hydrogens (tertiary/aromatic N) is 3. The molecule has 2 heterocycles. The molecule has 148 valence electrons. The van der Waals surface area contributed by atoms with E-state index in [1.54, 1.807) is 0 Å². The van der Waals surface area contributed by atoms with Crippen LogP contribution in [0.15, 0.2) is 48.5 Å². The maximum atomic E-state index is 11.8. The molecule has 0 spiro atoms. The minimum atomic E-state index is 0.221. The highest BCUT2D eigenvalue weighted by atomic mass is 16.5. The first-order valence-corrected chi connectivity index (χ1v) is 10.3. The lowest BCUT2D eigenvalue weighted by atomic mass is 10.1. The molecular formula is C23H29N3O2. The molecule has 2 saturated heterocycles. The van der Waals surface area contributed by atoms with Crippen molar-refractivity contribution in [3.63, 3.8) is 0 Å². The molecule has 2 aliphatic heterocycles. The smallest absolute Gasteiger partial charge is 0.227 e. The molecule has 5 heteroatoms. The normalized spacial score (nSPS) is 18.0. The number of benzene rings is 2. The average Bonchev–Trinajstić information content (AvgIpc) is 3.15. The third kappa shape index (κ3) is 4.30. The zero-order valence-corrected chi connectivity index (χ0v) is 16.6. The van der Waals surface area contributed by atoms with Gasteiger partial charge in [0.2, 0.25) is 5.91 Å². The number of anilines is 2. The van der Waals surface area contributed by atoms with Crippen LogP contribution in [0.25, 0.3) is 0 Å². The fourth-order valence-electron chi connectivity index (χ4n) is 4.07. The van der Waals surface area contributed by atoms with Crippen molar-refractivity contribution in [1.29, 1.82) is 0 Å². The molecule has 1 amide bonds. The van der Waals surface area contributed by atoms with Crippen molar-refractivity contribution >= 4 is 17.3 Å². The molecule has 0 aromatic heterocycles. The standard InChI is InChI=1S/C23H29N3O2/c1-19-5-2-3-6-22(19)25-15-13-24(14-16-25)17-18-28-21-10-8-20(9-11-21)26-12-4-7-23(26)27/h2-3,5-6,8-11H,4,7,12-18H2,1H3. The lowest BCUT2D eigenvalue weighted by molar-refractivity contribution is -0.117. The van der Waals surface area contributed by atoms with Crippen molar-refractivity contribution in [2.75, 3.05) is 55.7 Å². The van der Waals surface area contributed by atoms with Crippen LogP contribution in [0.5, 0.6) is 5.75 Å². The second kappa shape index (κ2) is 8.65. The molecule has 0 unspecified atom stereocenters. The lowest BCUT2D eigenvalue weighted by Crippen LogP contribution is -2.47. The number of para-hydroxylation sites is 1. The summed E-state index contributed by atoms with van der Waals surface area (Å²) in [6.07, 6.45) is 1.61. The predicted molar refractivity (Wildman–Crippen MR) is 113 cm³/mol. The minimum absolute atomic E-state index is 0.221. The Hall–Kier alpha value is -2.53. The molecule has 4 rings (SSSR count). The number of hydrogen-bond donors (Lipinski definition) is 0. The Morgan fingerprint density at radius 2 is 1.68 bits per heavy atom. The van der Waals surface area contributed by atoms with Crippen molar-refractivity contribution in [3.8, 4) is 5.75 Å². The van der Waals surface area contributed by atoms with Crippen molar-refractivity contribution in [2.24, 2.45) is 0 Å². The highest BCUT2D eigenvalue weighted by Crippen LogP contribution is 2.24. The minimum Gasteiger partial charge on any atom is -0.492 e. The van der Waals surface area contributed by atoms with Crippen LogP contribution in [0.1, 0.15) is 18.4 Å². The number of piperazine rings is 1. The number of aryl methyl sites for hydroxylation is 1. The zero-order valence-electron chi connectivity index (χ0n) is 16.6. The number of ether oxygens (including phenoxy) is 1. The van der Waals surface area contributed by atoms with Crippen molar-refractivity contribution in [1.82, 2.24) is 4.90 Å². The summed E-state index contributed by atoms with van der Waals surface area (Å²) in [7, 11) is 0. The van der Waals surface area contributed by atoms with Gasteiger partial charge in [0, 0.05) is 57.1 Å². The molecule has 2 aromatic carbocycles. The summed E-state index contributed by atoms with van der Waals surface area (Å²) >= 11 is 0. The molecule has 2 fully saturated rings. The van der Waals surface area contributed by atoms with Crippen LogP contribution < -0.4 is 14.5 Å². The summed E-state index contributed by atoms with van der Waals surface area (Å²) in [5.41, 5.74) is 3.68. The molecule has 2 aromatic rings. The van der Waals surface area contributed by atoms with Crippen LogP contribution >= 0.6 is 0 Å². The van der Waals surface area contributed by atoms with Crippen LogP contribution in [-0.4, -0.2) is 56.7 Å². The Labute approximate surface area is 167 Å². The second-order valence-corrected chi connectivity index (χ2v) is 7.61. The largest absolute Gasteiger partial charge is 0.492 e. The average molecular weight is 380 g/mol. The Kier molecular flexibility index (Phi) is 5.81. The van der Waals surface area contributed by atoms with E-state index in [2.05, 4.69) is 41.0 Å². The molecule has 0 aliphatic carbocycles. The number of carbonyl (C=O) groups excluding carboxylic acids is 1. The van der Waals surface area contributed by atoms with E-state index in [-0.39, 0.29) is 5.91 Å². The van der Waals surface area contributed by atoms with Gasteiger partial charge in [-0.3, -0.25) is 9.69 Å². The van der Waals surface area contributed by atoms with Gasteiger partial charge < -0.3 is 14.5 Å². The number of amides is 1. The van der Waals surface area contributed by atoms with Crippen molar-refractivity contribution in [2.45, 2.75) is 19.8 Å². The van der Waals surface area contributed by atoms with E-state index in [0.29, 0.717) is 13.0 Å². The molecule has 28 heavy (non-hydrogen) atoms. The topological polar surface area (TPSA) is 36.0 Å². The molecule has 0 radical (unpaired) electrons. The van der Waals surface area contributed by atoms with E-state index < -0.39 is 0 Å². The van der Waals surface area contributed by atoms with Gasteiger partial charge in [0.15, 0.2) is 0 Å². The lowest BCUT2D eigenvalue weighted by Gasteiger charge is -2.36. The van der Waals surface area contributed by atoms with Crippen LogP contribution in [-0.2, 0) is 4.79 Å². The third-order valence-electron chi connectivity index (χ3n) is 5.73. The van der Waals surface area contributed by atoms with E-state index in [1.165, 1.54) is 11.3 Å². The van der Waals surface area contributed by atoms with Crippen molar-refractivity contribution in [3.05, 3.63) is 54.1 Å². The van der Waals surface area contributed by atoms with E-state index in [4.69, 9.17) is 4.74 Å². The van der Waals surface area contributed by atoms with Gasteiger partial charge in [-0.15, -0.1) is 0 Å². The number of carbonyl (C=O) groups is 1. The maximum Gasteiger partial charge on any atom is 0.227 e. The van der Waals surface area contributed by atoms with Crippen LogP contribution in [0.4, 0.5) is 11.4 Å². The fraction of sp³-hybridized carbons (Fsp3) is 0.435. The van der Waals surface area contributed by atoms with Crippen molar-refractivity contribution < 1.29 is 9.53 Å². The van der Waals surface area contributed by atoms with Crippen LogP contribution in [0.3, 0.4) is 0 Å². The predicted octanol–water partition coefficient (Wildman–Crippen LogP) is 3.32. The van der Waals surface area contributed by atoms with Crippen LogP contribution in [0, 0.1) is 6.92 Å². The van der Waals surface area contributed by atoms with Gasteiger partial charge in [0.25, 0.3) is 0 Å². The number of rotatable bonds is 6. The summed E-state index contributed by atoms with van der Waals surface area (Å²) in [5, 5.41) is 0. The van der Waals surface area contributed by atoms with Gasteiger partial charge in [-0.1, -0.05) is 18.2 Å². The summed E-state index contributed by atoms with van der Waals surface area (Å²) < 4.78 is 5.93. The molecule has 0 bridgehead atoms. The highest BCUT2D eigenvalue weighted by Gasteiger charge is 2.21. The summed E-state index contributed by atoms with van der Waals surface area (Å²) in [6.45, 7) is 8.88. The van der Waals surface area contributed by atoms with Crippen LogP contribution in [0.2, 0.25) is 0 Å². The molecule has 0 N–H and O–H groups in total. The first-order valence-electron chi connectivity index (χ1n) is 10.3. The number of hydrogen-bond acceptors (Lipinski definition) is 4. The Bertz CT molecular complexity index is 798. The second-order valence-electron chi connectivity index (χ2n) is 7.61. The zero-order chi connectivity index (χ0) is 19.3. The third-order valence-corrected chi connectivity index (χ3v) is 5.73. The van der Waals surface area contributed by atoms with Gasteiger partial charge in [0.1, 0.15) is 12.4 Å². The Morgan fingerprint density at radius 3 is 2.36 bits per heavy atom. The first-order chi connectivity index (χ1) is 13.7. The fourth-order valence-corrected chi connectivity index (χ4v) is 4.07. The van der Waals surface area contributed by atoms with Gasteiger partial charge in [-0.25, -0.2) is 0 Å². The van der Waals surface area contributed by atoms with Gasteiger partial charge >= 0.3 is 0 Å².